The van der Waals surface area contributed by atoms with Gasteiger partial charge in [0.1, 0.15) is 0 Å². The minimum absolute atomic E-state index is 0.278. The molecular weight excluding hydrogens is 304 g/mol. The Labute approximate surface area is 142 Å². The first-order chi connectivity index (χ1) is 11.4. The van der Waals surface area contributed by atoms with Gasteiger partial charge in [0.15, 0.2) is 6.04 Å². The molecule has 0 aliphatic carbocycles. The molecule has 24 heavy (non-hydrogen) atoms. The number of nitrogens with zero attached hydrogens (tertiary/aromatic N) is 2. The van der Waals surface area contributed by atoms with Crippen LogP contribution in [0.25, 0.3) is 11.3 Å². The number of ether oxygens (including phenoxy) is 1. The summed E-state index contributed by atoms with van der Waals surface area (Å²) < 4.78 is 6.31. The lowest BCUT2D eigenvalue weighted by Crippen LogP contribution is -2.32. The number of carbonyl (C=O) groups is 1. The minimum Gasteiger partial charge on any atom is -0.464 e. The average molecular weight is 328 g/mol. The maximum absolute atomic E-state index is 12.2. The number of esters is 1. The zero-order chi connectivity index (χ0) is 17.9. The molecule has 0 aliphatic rings. The van der Waals surface area contributed by atoms with Gasteiger partial charge in [0.25, 0.3) is 5.56 Å². The van der Waals surface area contributed by atoms with Crippen LogP contribution in [0.3, 0.4) is 0 Å². The van der Waals surface area contributed by atoms with Crippen LogP contribution in [0.4, 0.5) is 0 Å². The number of hydrogen-bond donors (Lipinski definition) is 0. The van der Waals surface area contributed by atoms with Gasteiger partial charge in [-0.25, -0.2) is 9.48 Å². The first-order valence-corrected chi connectivity index (χ1v) is 8.23. The Balaban J connectivity index is 2.55. The number of aromatic nitrogens is 2. The third-order valence-corrected chi connectivity index (χ3v) is 4.18. The molecular formula is C19H24N2O3. The predicted molar refractivity (Wildman–Crippen MR) is 94.1 cm³/mol. The SMILES string of the molecule is CCOC(=O)[C@H](CC)n1nc(-c2cc(C)c(C)cc2C)ccc1=O. The van der Waals surface area contributed by atoms with E-state index in [0.29, 0.717) is 12.1 Å². The van der Waals surface area contributed by atoms with Crippen molar-refractivity contribution < 1.29 is 9.53 Å². The summed E-state index contributed by atoms with van der Waals surface area (Å²) in [4.78, 5) is 24.3. The van der Waals surface area contributed by atoms with Crippen LogP contribution >= 0.6 is 0 Å². The van der Waals surface area contributed by atoms with Crippen LogP contribution in [-0.4, -0.2) is 22.4 Å². The van der Waals surface area contributed by atoms with E-state index < -0.39 is 12.0 Å². The zero-order valence-corrected chi connectivity index (χ0v) is 14.9. The Morgan fingerprint density at radius 1 is 1.12 bits per heavy atom. The topological polar surface area (TPSA) is 61.2 Å². The maximum atomic E-state index is 12.2. The molecule has 5 nitrogen and oxygen atoms in total. The molecule has 0 fully saturated rings. The summed E-state index contributed by atoms with van der Waals surface area (Å²) in [6, 6.07) is 6.62. The lowest BCUT2D eigenvalue weighted by Gasteiger charge is -2.17. The smallest absolute Gasteiger partial charge is 0.331 e. The van der Waals surface area contributed by atoms with E-state index in [4.69, 9.17) is 4.74 Å². The maximum Gasteiger partial charge on any atom is 0.331 e. The number of hydrogen-bond acceptors (Lipinski definition) is 4. The van der Waals surface area contributed by atoms with Gasteiger partial charge in [-0.3, -0.25) is 4.79 Å². The van der Waals surface area contributed by atoms with Crippen molar-refractivity contribution in [3.63, 3.8) is 0 Å². The van der Waals surface area contributed by atoms with Crippen molar-refractivity contribution in [2.45, 2.75) is 47.1 Å². The van der Waals surface area contributed by atoms with Crippen LogP contribution in [0, 0.1) is 20.8 Å². The van der Waals surface area contributed by atoms with Crippen molar-refractivity contribution in [1.82, 2.24) is 9.78 Å². The second-order valence-corrected chi connectivity index (χ2v) is 5.93. The molecule has 128 valence electrons. The highest BCUT2D eigenvalue weighted by atomic mass is 16.5. The standard InChI is InChI=1S/C19H24N2O3/c1-6-17(19(23)24-7-2)21-18(22)9-8-16(20-21)15-11-13(4)12(3)10-14(15)5/h8-11,17H,6-7H2,1-5H3/t17-/m0/s1. The molecule has 0 bridgehead atoms. The Kier molecular flexibility index (Phi) is 5.54. The van der Waals surface area contributed by atoms with Gasteiger partial charge in [0.05, 0.1) is 12.3 Å². The van der Waals surface area contributed by atoms with E-state index in [-0.39, 0.29) is 12.2 Å². The quantitative estimate of drug-likeness (QED) is 0.790. The first-order valence-electron chi connectivity index (χ1n) is 8.23. The molecule has 1 atom stereocenters. The molecule has 0 saturated carbocycles. The molecule has 0 aliphatic heterocycles. The van der Waals surface area contributed by atoms with Crippen LogP contribution in [0.15, 0.2) is 29.1 Å². The van der Waals surface area contributed by atoms with Crippen molar-refractivity contribution >= 4 is 5.97 Å². The third kappa shape index (κ3) is 3.55. The summed E-state index contributed by atoms with van der Waals surface area (Å²) in [6.45, 7) is 9.98. The van der Waals surface area contributed by atoms with Crippen LogP contribution in [0.2, 0.25) is 0 Å². The monoisotopic (exact) mass is 328 g/mol. The van der Waals surface area contributed by atoms with Crippen molar-refractivity contribution in [3.8, 4) is 11.3 Å². The van der Waals surface area contributed by atoms with E-state index in [1.807, 2.05) is 20.8 Å². The lowest BCUT2D eigenvalue weighted by molar-refractivity contribution is -0.147. The molecule has 2 aromatic rings. The summed E-state index contributed by atoms with van der Waals surface area (Å²) in [5.41, 5.74) is 4.79. The van der Waals surface area contributed by atoms with Crippen LogP contribution < -0.4 is 5.56 Å². The second-order valence-electron chi connectivity index (χ2n) is 5.93. The molecule has 2 rings (SSSR count). The average Bonchev–Trinajstić information content (AvgIpc) is 2.54. The number of aryl methyl sites for hydroxylation is 3. The molecule has 5 heteroatoms. The summed E-state index contributed by atoms with van der Waals surface area (Å²) in [7, 11) is 0. The first kappa shape index (κ1) is 17.9. The molecule has 0 unspecified atom stereocenters. The van der Waals surface area contributed by atoms with Gasteiger partial charge in [-0.2, -0.15) is 5.10 Å². The van der Waals surface area contributed by atoms with Crippen LogP contribution in [0.1, 0.15) is 43.0 Å². The molecule has 1 aromatic carbocycles. The van der Waals surface area contributed by atoms with Crippen LogP contribution in [-0.2, 0) is 9.53 Å². The fourth-order valence-electron chi connectivity index (χ4n) is 2.71. The molecule has 1 aromatic heterocycles. The number of rotatable bonds is 5. The van der Waals surface area contributed by atoms with Gasteiger partial charge in [0.2, 0.25) is 0 Å². The lowest BCUT2D eigenvalue weighted by atomic mass is 9.99. The fraction of sp³-hybridized carbons (Fsp3) is 0.421. The molecule has 0 saturated heterocycles. The van der Waals surface area contributed by atoms with Gasteiger partial charge >= 0.3 is 5.97 Å². The predicted octanol–water partition coefficient (Wildman–Crippen LogP) is 3.35. The third-order valence-electron chi connectivity index (χ3n) is 4.18. The molecule has 1 heterocycles. The highest BCUT2D eigenvalue weighted by molar-refractivity contribution is 5.74. The van der Waals surface area contributed by atoms with Crippen molar-refractivity contribution in [3.05, 3.63) is 51.3 Å². The van der Waals surface area contributed by atoms with E-state index in [9.17, 15) is 9.59 Å². The number of carbonyl (C=O) groups excluding carboxylic acids is 1. The van der Waals surface area contributed by atoms with E-state index in [1.165, 1.54) is 16.3 Å². The van der Waals surface area contributed by atoms with E-state index in [0.717, 1.165) is 16.7 Å². The Hall–Kier alpha value is -2.43. The van der Waals surface area contributed by atoms with Crippen molar-refractivity contribution in [2.24, 2.45) is 0 Å². The highest BCUT2D eigenvalue weighted by Gasteiger charge is 2.22. The summed E-state index contributed by atoms with van der Waals surface area (Å²) in [6.07, 6.45) is 0.446. The Morgan fingerprint density at radius 3 is 2.42 bits per heavy atom. The zero-order valence-electron chi connectivity index (χ0n) is 14.9. The molecule has 0 amide bonds. The highest BCUT2D eigenvalue weighted by Crippen LogP contribution is 2.24. The molecule has 0 radical (unpaired) electrons. The number of benzene rings is 1. The molecule has 0 spiro atoms. The largest absolute Gasteiger partial charge is 0.464 e. The summed E-state index contributed by atoms with van der Waals surface area (Å²) in [5.74, 6) is -0.427. The van der Waals surface area contributed by atoms with Crippen molar-refractivity contribution in [1.29, 1.82) is 0 Å². The van der Waals surface area contributed by atoms with E-state index in [1.54, 1.807) is 13.0 Å². The fourth-order valence-corrected chi connectivity index (χ4v) is 2.71. The molecule has 0 N–H and O–H groups in total. The van der Waals surface area contributed by atoms with Crippen molar-refractivity contribution in [2.75, 3.05) is 6.61 Å². The van der Waals surface area contributed by atoms with Gasteiger partial charge in [-0.15, -0.1) is 0 Å². The van der Waals surface area contributed by atoms with Crippen LogP contribution in [0.5, 0.6) is 0 Å². The Bertz CT molecular complexity index is 809. The Morgan fingerprint density at radius 2 is 1.79 bits per heavy atom. The van der Waals surface area contributed by atoms with E-state index in [2.05, 4.69) is 24.2 Å². The summed E-state index contributed by atoms with van der Waals surface area (Å²) in [5, 5.41) is 4.45. The minimum atomic E-state index is -0.704. The normalized spacial score (nSPS) is 12.0. The van der Waals surface area contributed by atoms with Gasteiger partial charge in [-0.05, 0) is 62.9 Å². The van der Waals surface area contributed by atoms with Gasteiger partial charge in [-0.1, -0.05) is 13.0 Å². The van der Waals surface area contributed by atoms with Gasteiger partial charge in [0, 0.05) is 11.6 Å². The second kappa shape index (κ2) is 7.43. The van der Waals surface area contributed by atoms with E-state index >= 15 is 0 Å². The summed E-state index contributed by atoms with van der Waals surface area (Å²) >= 11 is 0. The van der Waals surface area contributed by atoms with Gasteiger partial charge < -0.3 is 4.74 Å².